The first kappa shape index (κ1) is 24.1. The Bertz CT molecular complexity index is 1110. The van der Waals surface area contributed by atoms with Gasteiger partial charge in [-0.15, -0.1) is 16.8 Å². The summed E-state index contributed by atoms with van der Waals surface area (Å²) in [6.45, 7) is 6.25. The Morgan fingerprint density at radius 2 is 1.85 bits per heavy atom. The molecule has 2 amide bonds. The lowest BCUT2D eigenvalue weighted by Crippen LogP contribution is -2.19. The second-order valence-electron chi connectivity index (χ2n) is 7.10. The van der Waals surface area contributed by atoms with Gasteiger partial charge in [0.2, 0.25) is 11.8 Å². The van der Waals surface area contributed by atoms with Crippen molar-refractivity contribution in [1.29, 1.82) is 0 Å². The topological polar surface area (TPSA) is 98.1 Å². The van der Waals surface area contributed by atoms with Crippen LogP contribution in [0, 0.1) is 0 Å². The number of aromatic nitrogens is 3. The predicted molar refractivity (Wildman–Crippen MR) is 131 cm³/mol. The highest BCUT2D eigenvalue weighted by atomic mass is 32.2. The molecule has 0 aliphatic heterocycles. The summed E-state index contributed by atoms with van der Waals surface area (Å²) in [5, 5.41) is 14.7. The third-order valence-electron chi connectivity index (χ3n) is 4.80. The highest BCUT2D eigenvalue weighted by molar-refractivity contribution is 7.99. The number of anilines is 2. The van der Waals surface area contributed by atoms with Crippen molar-refractivity contribution in [3.05, 3.63) is 72.6 Å². The fraction of sp³-hybridized carbons (Fsp3) is 0.250. The van der Waals surface area contributed by atoms with Gasteiger partial charge in [0.05, 0.1) is 19.3 Å². The second kappa shape index (κ2) is 11.9. The number of rotatable bonds is 11. The first-order chi connectivity index (χ1) is 16.0. The molecule has 0 aliphatic carbocycles. The number of carbonyl (C=O) groups excluding carboxylic acids is 2. The normalized spacial score (nSPS) is 10.5. The summed E-state index contributed by atoms with van der Waals surface area (Å²) in [6, 6.07) is 14.8. The summed E-state index contributed by atoms with van der Waals surface area (Å²) in [5.41, 5.74) is 2.54. The van der Waals surface area contributed by atoms with E-state index < -0.39 is 0 Å². The molecule has 0 aliphatic rings. The van der Waals surface area contributed by atoms with Gasteiger partial charge in [0, 0.05) is 17.9 Å². The van der Waals surface area contributed by atoms with Crippen LogP contribution in [0.2, 0.25) is 0 Å². The number of hydrogen-bond acceptors (Lipinski definition) is 6. The smallest absolute Gasteiger partial charge is 0.234 e. The van der Waals surface area contributed by atoms with Crippen LogP contribution in [0.5, 0.6) is 5.75 Å². The van der Waals surface area contributed by atoms with Crippen molar-refractivity contribution in [3.8, 4) is 5.75 Å². The van der Waals surface area contributed by atoms with E-state index in [4.69, 9.17) is 4.74 Å². The highest BCUT2D eigenvalue weighted by Crippen LogP contribution is 2.20. The van der Waals surface area contributed by atoms with Crippen LogP contribution < -0.4 is 15.4 Å². The monoisotopic (exact) mass is 465 g/mol. The number of carbonyl (C=O) groups is 2. The Balaban J connectivity index is 1.61. The van der Waals surface area contributed by atoms with Gasteiger partial charge in [-0.3, -0.25) is 9.59 Å². The first-order valence-corrected chi connectivity index (χ1v) is 11.5. The van der Waals surface area contributed by atoms with Crippen molar-refractivity contribution in [2.24, 2.45) is 0 Å². The van der Waals surface area contributed by atoms with Crippen LogP contribution in [0.25, 0.3) is 0 Å². The molecule has 0 radical (unpaired) electrons. The Labute approximate surface area is 197 Å². The summed E-state index contributed by atoms with van der Waals surface area (Å²) >= 11 is 1.25. The number of ether oxygens (including phenoxy) is 1. The van der Waals surface area contributed by atoms with Gasteiger partial charge < -0.3 is 19.9 Å². The molecule has 3 rings (SSSR count). The molecule has 0 unspecified atom stereocenters. The number of hydrogen-bond donors (Lipinski definition) is 2. The molecule has 2 aromatic carbocycles. The van der Waals surface area contributed by atoms with Crippen LogP contribution >= 0.6 is 11.8 Å². The van der Waals surface area contributed by atoms with E-state index in [1.54, 1.807) is 42.0 Å². The van der Waals surface area contributed by atoms with Crippen molar-refractivity contribution >= 4 is 35.0 Å². The average Bonchev–Trinajstić information content (AvgIpc) is 3.19. The van der Waals surface area contributed by atoms with E-state index in [9.17, 15) is 9.59 Å². The maximum Gasteiger partial charge on any atom is 0.234 e. The van der Waals surface area contributed by atoms with Crippen molar-refractivity contribution in [1.82, 2.24) is 14.8 Å². The molecule has 0 spiro atoms. The van der Waals surface area contributed by atoms with Gasteiger partial charge in [-0.25, -0.2) is 0 Å². The summed E-state index contributed by atoms with van der Waals surface area (Å²) < 4.78 is 6.91. The van der Waals surface area contributed by atoms with E-state index in [2.05, 4.69) is 27.4 Å². The molecule has 0 bridgehead atoms. The third kappa shape index (κ3) is 6.69. The molecule has 1 heterocycles. The van der Waals surface area contributed by atoms with Crippen LogP contribution in [0.3, 0.4) is 0 Å². The number of amides is 2. The number of aryl methyl sites for hydroxylation is 1. The van der Waals surface area contributed by atoms with E-state index >= 15 is 0 Å². The number of thioether (sulfide) groups is 1. The molecule has 3 aromatic rings. The van der Waals surface area contributed by atoms with Crippen molar-refractivity contribution in [2.45, 2.75) is 31.5 Å². The van der Waals surface area contributed by atoms with Gasteiger partial charge in [0.1, 0.15) is 11.6 Å². The van der Waals surface area contributed by atoms with Gasteiger partial charge >= 0.3 is 0 Å². The molecule has 0 atom stereocenters. The number of methoxy groups -OCH3 is 1. The van der Waals surface area contributed by atoms with Crippen molar-refractivity contribution < 1.29 is 14.3 Å². The van der Waals surface area contributed by atoms with Crippen molar-refractivity contribution in [2.75, 3.05) is 23.5 Å². The van der Waals surface area contributed by atoms with E-state index in [-0.39, 0.29) is 24.0 Å². The lowest BCUT2D eigenvalue weighted by atomic mass is 10.1. The van der Waals surface area contributed by atoms with Crippen LogP contribution in [-0.4, -0.2) is 39.4 Å². The van der Waals surface area contributed by atoms with Gasteiger partial charge in [0.25, 0.3) is 0 Å². The number of allylic oxidation sites excluding steroid dienone is 1. The number of para-hydroxylation sites is 1. The molecule has 0 fully saturated rings. The SMILES string of the molecule is C=CCn1c(CC(=O)Nc2ccccc2CC)nnc1SCC(=O)Nc1ccc(OC)cc1. The lowest BCUT2D eigenvalue weighted by molar-refractivity contribution is -0.116. The van der Waals surface area contributed by atoms with Crippen LogP contribution in [0.1, 0.15) is 18.3 Å². The van der Waals surface area contributed by atoms with E-state index in [1.807, 2.05) is 31.2 Å². The molecule has 172 valence electrons. The largest absolute Gasteiger partial charge is 0.497 e. The zero-order valence-corrected chi connectivity index (χ0v) is 19.5. The number of nitrogens with one attached hydrogen (secondary N) is 2. The Hall–Kier alpha value is -3.59. The third-order valence-corrected chi connectivity index (χ3v) is 5.77. The molecular weight excluding hydrogens is 438 g/mol. The minimum atomic E-state index is -0.178. The van der Waals surface area contributed by atoms with Crippen LogP contribution in [-0.2, 0) is 29.0 Å². The zero-order valence-electron chi connectivity index (χ0n) is 18.7. The minimum absolute atomic E-state index is 0.0670. The molecule has 2 N–H and O–H groups in total. The van der Waals surface area contributed by atoms with Gasteiger partial charge in [0.15, 0.2) is 5.16 Å². The quantitative estimate of drug-likeness (QED) is 0.329. The van der Waals surface area contributed by atoms with Gasteiger partial charge in [-0.05, 0) is 42.3 Å². The van der Waals surface area contributed by atoms with Crippen LogP contribution in [0.4, 0.5) is 11.4 Å². The first-order valence-electron chi connectivity index (χ1n) is 10.5. The summed E-state index contributed by atoms with van der Waals surface area (Å²) in [4.78, 5) is 25.0. The van der Waals surface area contributed by atoms with Gasteiger partial charge in [-0.2, -0.15) is 0 Å². The second-order valence-corrected chi connectivity index (χ2v) is 8.04. The Morgan fingerprint density at radius 3 is 2.55 bits per heavy atom. The zero-order chi connectivity index (χ0) is 23.6. The Morgan fingerprint density at radius 1 is 1.09 bits per heavy atom. The average molecular weight is 466 g/mol. The molecule has 0 saturated heterocycles. The molecular formula is C24H27N5O3S. The summed E-state index contributed by atoms with van der Waals surface area (Å²) in [7, 11) is 1.59. The van der Waals surface area contributed by atoms with E-state index in [0.29, 0.717) is 23.2 Å². The fourth-order valence-electron chi connectivity index (χ4n) is 3.16. The van der Waals surface area contributed by atoms with E-state index in [1.165, 1.54) is 11.8 Å². The highest BCUT2D eigenvalue weighted by Gasteiger charge is 2.17. The number of nitrogens with zero attached hydrogens (tertiary/aromatic N) is 3. The standard InChI is InChI=1S/C24H27N5O3S/c1-4-14-29-21(15-22(30)26-20-9-7-6-8-17(20)5-2)27-28-24(29)33-16-23(31)25-18-10-12-19(32-3)13-11-18/h4,6-13H,1,5,14-16H2,2-3H3,(H,25,31)(H,26,30). The van der Waals surface area contributed by atoms with E-state index in [0.717, 1.165) is 23.4 Å². The van der Waals surface area contributed by atoms with Crippen LogP contribution in [0.15, 0.2) is 66.3 Å². The molecule has 0 saturated carbocycles. The molecule has 1 aromatic heterocycles. The number of benzene rings is 2. The molecule has 33 heavy (non-hydrogen) atoms. The predicted octanol–water partition coefficient (Wildman–Crippen LogP) is 3.95. The van der Waals surface area contributed by atoms with Gasteiger partial charge in [-0.1, -0.05) is 43.0 Å². The summed E-state index contributed by atoms with van der Waals surface area (Å²) in [5.74, 6) is 1.03. The maximum atomic E-state index is 12.6. The van der Waals surface area contributed by atoms with Crippen molar-refractivity contribution in [3.63, 3.8) is 0 Å². The maximum absolute atomic E-state index is 12.6. The fourth-order valence-corrected chi connectivity index (χ4v) is 3.93. The summed E-state index contributed by atoms with van der Waals surface area (Å²) in [6.07, 6.45) is 2.60. The Kier molecular flexibility index (Phi) is 8.65. The lowest BCUT2D eigenvalue weighted by Gasteiger charge is -2.11. The molecule has 8 nitrogen and oxygen atoms in total. The molecule has 9 heteroatoms. The minimum Gasteiger partial charge on any atom is -0.497 e.